The summed E-state index contributed by atoms with van der Waals surface area (Å²) in [6.07, 6.45) is 2.88. The summed E-state index contributed by atoms with van der Waals surface area (Å²) in [5.74, 6) is 0.822. The van der Waals surface area contributed by atoms with Crippen molar-refractivity contribution in [2.45, 2.75) is 18.4 Å². The van der Waals surface area contributed by atoms with Gasteiger partial charge < -0.3 is 14.3 Å². The minimum absolute atomic E-state index is 0.424. The Bertz CT molecular complexity index is 234. The lowest BCUT2D eigenvalue weighted by Crippen LogP contribution is -2.31. The van der Waals surface area contributed by atoms with Gasteiger partial charge in [-0.05, 0) is 12.1 Å². The van der Waals surface area contributed by atoms with E-state index in [1.807, 2.05) is 12.1 Å². The standard InChI is InChI=1S/C9H12O3/c10-9(3-5-11-7-9)6-8-2-1-4-12-8/h1-2,4,10H,3,5-7H2. The van der Waals surface area contributed by atoms with Crippen LogP contribution in [0.4, 0.5) is 0 Å². The third-order valence-corrected chi connectivity index (χ3v) is 2.17. The molecule has 1 saturated heterocycles. The van der Waals surface area contributed by atoms with Crippen molar-refractivity contribution in [1.82, 2.24) is 0 Å². The highest BCUT2D eigenvalue weighted by Crippen LogP contribution is 2.23. The van der Waals surface area contributed by atoms with Crippen LogP contribution in [-0.4, -0.2) is 23.9 Å². The van der Waals surface area contributed by atoms with Crippen molar-refractivity contribution in [3.05, 3.63) is 24.2 Å². The summed E-state index contributed by atoms with van der Waals surface area (Å²) < 4.78 is 10.3. The average Bonchev–Trinajstić information content (AvgIpc) is 2.62. The van der Waals surface area contributed by atoms with Crippen LogP contribution in [0, 0.1) is 0 Å². The highest BCUT2D eigenvalue weighted by atomic mass is 16.5. The van der Waals surface area contributed by atoms with Crippen molar-refractivity contribution in [1.29, 1.82) is 0 Å². The van der Waals surface area contributed by atoms with Gasteiger partial charge in [0.1, 0.15) is 5.76 Å². The summed E-state index contributed by atoms with van der Waals surface area (Å²) in [5, 5.41) is 9.88. The summed E-state index contributed by atoms with van der Waals surface area (Å²) in [5.41, 5.74) is -0.697. The van der Waals surface area contributed by atoms with E-state index in [9.17, 15) is 5.11 Å². The van der Waals surface area contributed by atoms with Crippen molar-refractivity contribution in [3.8, 4) is 0 Å². The monoisotopic (exact) mass is 168 g/mol. The van der Waals surface area contributed by atoms with E-state index in [2.05, 4.69) is 0 Å². The highest BCUT2D eigenvalue weighted by Gasteiger charge is 2.33. The zero-order chi connectivity index (χ0) is 8.44. The van der Waals surface area contributed by atoms with E-state index >= 15 is 0 Å². The Morgan fingerprint density at radius 3 is 3.08 bits per heavy atom. The first-order valence-corrected chi connectivity index (χ1v) is 4.11. The fraction of sp³-hybridized carbons (Fsp3) is 0.556. The molecule has 1 N–H and O–H groups in total. The summed E-state index contributed by atoms with van der Waals surface area (Å²) >= 11 is 0. The number of ether oxygens (including phenoxy) is 1. The first-order chi connectivity index (χ1) is 5.79. The van der Waals surface area contributed by atoms with Crippen LogP contribution in [0.5, 0.6) is 0 Å². The van der Waals surface area contributed by atoms with E-state index < -0.39 is 5.60 Å². The minimum atomic E-state index is -0.697. The molecule has 1 aromatic heterocycles. The summed E-state index contributed by atoms with van der Waals surface area (Å²) in [6.45, 7) is 1.07. The topological polar surface area (TPSA) is 42.6 Å². The predicted octanol–water partition coefficient (Wildman–Crippen LogP) is 0.974. The molecule has 1 unspecified atom stereocenters. The van der Waals surface area contributed by atoms with Gasteiger partial charge in [0, 0.05) is 19.4 Å². The lowest BCUT2D eigenvalue weighted by atomic mass is 9.98. The Labute approximate surface area is 71.0 Å². The molecule has 1 fully saturated rings. The second-order valence-corrected chi connectivity index (χ2v) is 3.28. The Hall–Kier alpha value is -0.800. The lowest BCUT2D eigenvalue weighted by molar-refractivity contribution is 0.0230. The van der Waals surface area contributed by atoms with Crippen molar-refractivity contribution in [2.24, 2.45) is 0 Å². The predicted molar refractivity (Wildman–Crippen MR) is 42.8 cm³/mol. The quantitative estimate of drug-likeness (QED) is 0.715. The molecule has 0 amide bonds. The Balaban J connectivity index is 2.02. The molecule has 12 heavy (non-hydrogen) atoms. The highest BCUT2D eigenvalue weighted by molar-refractivity contribution is 5.03. The smallest absolute Gasteiger partial charge is 0.106 e. The molecular weight excluding hydrogens is 156 g/mol. The molecule has 0 aliphatic carbocycles. The first kappa shape index (κ1) is 7.83. The van der Waals surface area contributed by atoms with E-state index in [-0.39, 0.29) is 0 Å². The van der Waals surface area contributed by atoms with Gasteiger partial charge in [-0.3, -0.25) is 0 Å². The maximum atomic E-state index is 9.88. The summed E-state index contributed by atoms with van der Waals surface area (Å²) in [6, 6.07) is 3.70. The normalized spacial score (nSPS) is 29.4. The Kier molecular flexibility index (Phi) is 1.90. The fourth-order valence-electron chi connectivity index (χ4n) is 1.47. The van der Waals surface area contributed by atoms with Crippen LogP contribution in [0.15, 0.2) is 22.8 Å². The van der Waals surface area contributed by atoms with E-state index in [0.29, 0.717) is 26.1 Å². The van der Waals surface area contributed by atoms with Crippen LogP contribution in [-0.2, 0) is 11.2 Å². The van der Waals surface area contributed by atoms with Crippen LogP contribution in [0.1, 0.15) is 12.2 Å². The Morgan fingerprint density at radius 2 is 2.50 bits per heavy atom. The molecule has 1 aromatic rings. The zero-order valence-electron chi connectivity index (χ0n) is 6.82. The number of hydrogen-bond acceptors (Lipinski definition) is 3. The summed E-state index contributed by atoms with van der Waals surface area (Å²) in [4.78, 5) is 0. The Morgan fingerprint density at radius 1 is 1.58 bits per heavy atom. The average molecular weight is 168 g/mol. The van der Waals surface area contributed by atoms with E-state index in [1.165, 1.54) is 0 Å². The molecule has 0 aromatic carbocycles. The fourth-order valence-corrected chi connectivity index (χ4v) is 1.47. The molecule has 1 aliphatic rings. The second kappa shape index (κ2) is 2.92. The van der Waals surface area contributed by atoms with Crippen LogP contribution >= 0.6 is 0 Å². The first-order valence-electron chi connectivity index (χ1n) is 4.11. The van der Waals surface area contributed by atoms with Crippen LogP contribution < -0.4 is 0 Å². The van der Waals surface area contributed by atoms with Crippen molar-refractivity contribution in [2.75, 3.05) is 13.2 Å². The van der Waals surface area contributed by atoms with Gasteiger partial charge in [-0.2, -0.15) is 0 Å². The van der Waals surface area contributed by atoms with Gasteiger partial charge >= 0.3 is 0 Å². The lowest BCUT2D eigenvalue weighted by Gasteiger charge is -2.17. The van der Waals surface area contributed by atoms with Crippen LogP contribution in [0.3, 0.4) is 0 Å². The molecule has 2 heterocycles. The maximum Gasteiger partial charge on any atom is 0.106 e. The SMILES string of the molecule is OC1(Cc2ccco2)CCOC1. The van der Waals surface area contributed by atoms with Gasteiger partial charge in [-0.15, -0.1) is 0 Å². The van der Waals surface area contributed by atoms with E-state index in [0.717, 1.165) is 5.76 Å². The van der Waals surface area contributed by atoms with Gasteiger partial charge in [0.2, 0.25) is 0 Å². The minimum Gasteiger partial charge on any atom is -0.469 e. The zero-order valence-corrected chi connectivity index (χ0v) is 6.82. The van der Waals surface area contributed by atoms with E-state index in [4.69, 9.17) is 9.15 Å². The van der Waals surface area contributed by atoms with Gasteiger partial charge in [0.15, 0.2) is 0 Å². The number of aliphatic hydroxyl groups is 1. The van der Waals surface area contributed by atoms with Crippen molar-refractivity contribution >= 4 is 0 Å². The van der Waals surface area contributed by atoms with Gasteiger partial charge in [0.25, 0.3) is 0 Å². The number of furan rings is 1. The molecule has 1 atom stereocenters. The van der Waals surface area contributed by atoms with Crippen molar-refractivity contribution in [3.63, 3.8) is 0 Å². The molecule has 3 nitrogen and oxygen atoms in total. The molecule has 0 saturated carbocycles. The summed E-state index contributed by atoms with van der Waals surface area (Å²) in [7, 11) is 0. The van der Waals surface area contributed by atoms with Gasteiger partial charge in [0.05, 0.1) is 18.5 Å². The third-order valence-electron chi connectivity index (χ3n) is 2.17. The molecule has 3 heteroatoms. The number of rotatable bonds is 2. The molecular formula is C9H12O3. The largest absolute Gasteiger partial charge is 0.469 e. The molecule has 1 aliphatic heterocycles. The number of hydrogen-bond donors (Lipinski definition) is 1. The molecule has 0 spiro atoms. The molecule has 0 bridgehead atoms. The molecule has 0 radical (unpaired) electrons. The van der Waals surface area contributed by atoms with Crippen LogP contribution in [0.25, 0.3) is 0 Å². The van der Waals surface area contributed by atoms with Gasteiger partial charge in [-0.1, -0.05) is 0 Å². The third kappa shape index (κ3) is 1.52. The van der Waals surface area contributed by atoms with Gasteiger partial charge in [-0.25, -0.2) is 0 Å². The second-order valence-electron chi connectivity index (χ2n) is 3.28. The molecule has 2 rings (SSSR count). The maximum absolute atomic E-state index is 9.88. The van der Waals surface area contributed by atoms with Crippen molar-refractivity contribution < 1.29 is 14.3 Å². The van der Waals surface area contributed by atoms with E-state index in [1.54, 1.807) is 6.26 Å². The molecule has 66 valence electrons. The van der Waals surface area contributed by atoms with Crippen LogP contribution in [0.2, 0.25) is 0 Å².